The fraction of sp³-hybridized carbons (Fsp3) is 0.130. The van der Waals surface area contributed by atoms with Gasteiger partial charge in [-0.05, 0) is 29.8 Å². The smallest absolute Gasteiger partial charge is 0.246 e. The molecule has 3 aromatic rings. The zero-order chi connectivity index (χ0) is 20.6. The van der Waals surface area contributed by atoms with Crippen LogP contribution in [0.1, 0.15) is 16.9 Å². The summed E-state index contributed by atoms with van der Waals surface area (Å²) >= 11 is 7.82. The monoisotopic (exact) mass is 424 g/mol. The van der Waals surface area contributed by atoms with Gasteiger partial charge in [-0.1, -0.05) is 60.1 Å². The number of thiophene rings is 1. The van der Waals surface area contributed by atoms with Crippen molar-refractivity contribution in [2.45, 2.75) is 13.0 Å². The Hall–Kier alpha value is -2.89. The number of benzene rings is 2. The van der Waals surface area contributed by atoms with Crippen LogP contribution in [0.5, 0.6) is 0 Å². The van der Waals surface area contributed by atoms with Gasteiger partial charge in [0, 0.05) is 45.9 Å². The molecule has 2 amide bonds. The van der Waals surface area contributed by atoms with Crippen LogP contribution in [0.3, 0.4) is 0 Å². The lowest BCUT2D eigenvalue weighted by atomic mass is 10.2. The fourth-order valence-electron chi connectivity index (χ4n) is 2.82. The minimum atomic E-state index is -0.428. The Balaban J connectivity index is 1.72. The summed E-state index contributed by atoms with van der Waals surface area (Å²) in [5.41, 5.74) is 7.23. The lowest BCUT2D eigenvalue weighted by Gasteiger charge is -2.20. The van der Waals surface area contributed by atoms with Gasteiger partial charge < -0.3 is 10.6 Å². The van der Waals surface area contributed by atoms with E-state index in [0.29, 0.717) is 11.6 Å². The van der Waals surface area contributed by atoms with Gasteiger partial charge in [-0.25, -0.2) is 0 Å². The van der Waals surface area contributed by atoms with Crippen LogP contribution in [0.2, 0.25) is 5.02 Å². The molecule has 2 aromatic carbocycles. The predicted octanol–water partition coefficient (Wildman–Crippen LogP) is 4.99. The van der Waals surface area contributed by atoms with Gasteiger partial charge in [0.1, 0.15) is 0 Å². The van der Waals surface area contributed by atoms with E-state index in [1.807, 2.05) is 66.7 Å². The number of nitrogens with two attached hydrogens (primary N) is 1. The highest BCUT2D eigenvalue weighted by Gasteiger charge is 2.13. The van der Waals surface area contributed by atoms with Crippen LogP contribution in [0.15, 0.2) is 72.8 Å². The molecule has 0 saturated carbocycles. The summed E-state index contributed by atoms with van der Waals surface area (Å²) in [6.45, 7) is 0.704. The van der Waals surface area contributed by atoms with E-state index in [1.165, 1.54) is 6.08 Å². The lowest BCUT2D eigenvalue weighted by molar-refractivity contribution is -0.127. The Morgan fingerprint density at radius 2 is 1.72 bits per heavy atom. The summed E-state index contributed by atoms with van der Waals surface area (Å²) in [7, 11) is 0. The number of hydrogen-bond donors (Lipinski definition) is 1. The van der Waals surface area contributed by atoms with Gasteiger partial charge in [0.05, 0.1) is 0 Å². The van der Waals surface area contributed by atoms with Crippen molar-refractivity contribution in [2.24, 2.45) is 5.73 Å². The molecule has 0 bridgehead atoms. The van der Waals surface area contributed by atoms with Crippen molar-refractivity contribution in [1.29, 1.82) is 0 Å². The van der Waals surface area contributed by atoms with Crippen LogP contribution < -0.4 is 5.73 Å². The van der Waals surface area contributed by atoms with Gasteiger partial charge in [-0.3, -0.25) is 9.59 Å². The van der Waals surface area contributed by atoms with Crippen LogP contribution in [0.25, 0.3) is 16.5 Å². The van der Waals surface area contributed by atoms with Crippen LogP contribution in [0, 0.1) is 0 Å². The normalized spacial score (nSPS) is 10.9. The maximum Gasteiger partial charge on any atom is 0.246 e. The molecule has 0 saturated heterocycles. The van der Waals surface area contributed by atoms with E-state index < -0.39 is 5.91 Å². The van der Waals surface area contributed by atoms with Crippen molar-refractivity contribution in [3.63, 3.8) is 0 Å². The van der Waals surface area contributed by atoms with Crippen LogP contribution in [0.4, 0.5) is 0 Å². The fourth-order valence-corrected chi connectivity index (χ4v) is 4.07. The number of amides is 2. The molecule has 3 rings (SSSR count). The minimum absolute atomic E-state index is 0.127. The van der Waals surface area contributed by atoms with Gasteiger partial charge in [-0.15, -0.1) is 11.3 Å². The Bertz CT molecular complexity index is 1010. The van der Waals surface area contributed by atoms with Gasteiger partial charge >= 0.3 is 0 Å². The van der Waals surface area contributed by atoms with E-state index in [0.717, 1.165) is 20.9 Å². The topological polar surface area (TPSA) is 63.4 Å². The number of rotatable bonds is 8. The molecular formula is C23H21ClN2O2S. The second kappa shape index (κ2) is 10.0. The molecule has 0 atom stereocenters. The molecule has 0 aliphatic carbocycles. The third-order valence-corrected chi connectivity index (χ3v) is 5.73. The molecule has 29 heavy (non-hydrogen) atoms. The molecule has 0 unspecified atom stereocenters. The standard InChI is InChI=1S/C23H21ClN2O2S/c24-20-9-5-4-8-19(20)21-12-10-18(29-21)11-13-23(28)26(15-14-22(25)27)16-17-6-2-1-3-7-17/h1-13H,14-16H2,(H2,25,27). The number of hydrogen-bond acceptors (Lipinski definition) is 3. The average Bonchev–Trinajstić information content (AvgIpc) is 3.19. The first-order chi connectivity index (χ1) is 14.0. The third kappa shape index (κ3) is 6.04. The number of nitrogens with zero attached hydrogens (tertiary/aromatic N) is 1. The summed E-state index contributed by atoms with van der Waals surface area (Å²) in [6, 6.07) is 21.3. The quantitative estimate of drug-likeness (QED) is 0.518. The molecule has 1 aromatic heterocycles. The molecule has 148 valence electrons. The number of carbonyl (C=O) groups excluding carboxylic acids is 2. The van der Waals surface area contributed by atoms with Gasteiger partial charge in [-0.2, -0.15) is 0 Å². The first-order valence-corrected chi connectivity index (χ1v) is 10.4. The highest BCUT2D eigenvalue weighted by Crippen LogP contribution is 2.33. The molecule has 0 aliphatic rings. The average molecular weight is 425 g/mol. The molecule has 0 aliphatic heterocycles. The van der Waals surface area contributed by atoms with E-state index in [2.05, 4.69) is 0 Å². The molecule has 0 fully saturated rings. The number of primary amides is 1. The van der Waals surface area contributed by atoms with Crippen LogP contribution >= 0.6 is 22.9 Å². The molecule has 0 radical (unpaired) electrons. The van der Waals surface area contributed by atoms with Crippen molar-refractivity contribution < 1.29 is 9.59 Å². The predicted molar refractivity (Wildman–Crippen MR) is 119 cm³/mol. The lowest BCUT2D eigenvalue weighted by Crippen LogP contribution is -2.32. The zero-order valence-electron chi connectivity index (χ0n) is 15.8. The van der Waals surface area contributed by atoms with E-state index >= 15 is 0 Å². The summed E-state index contributed by atoms with van der Waals surface area (Å²) < 4.78 is 0. The SMILES string of the molecule is NC(=O)CCN(Cc1ccccc1)C(=O)C=Cc1ccc(-c2ccccc2Cl)s1. The molecule has 2 N–H and O–H groups in total. The largest absolute Gasteiger partial charge is 0.370 e. The maximum atomic E-state index is 12.7. The third-order valence-electron chi connectivity index (χ3n) is 4.31. The molecule has 1 heterocycles. The summed E-state index contributed by atoms with van der Waals surface area (Å²) in [6.07, 6.45) is 3.45. The highest BCUT2D eigenvalue weighted by atomic mass is 35.5. The van der Waals surface area contributed by atoms with Gasteiger partial charge in [0.2, 0.25) is 11.8 Å². The maximum absolute atomic E-state index is 12.7. The summed E-state index contributed by atoms with van der Waals surface area (Å²) in [4.78, 5) is 27.5. The van der Waals surface area contributed by atoms with E-state index in [1.54, 1.807) is 22.3 Å². The van der Waals surface area contributed by atoms with Crippen molar-refractivity contribution in [3.8, 4) is 10.4 Å². The van der Waals surface area contributed by atoms with Crippen molar-refractivity contribution in [1.82, 2.24) is 4.90 Å². The molecule has 4 nitrogen and oxygen atoms in total. The Morgan fingerprint density at radius 3 is 2.45 bits per heavy atom. The second-order valence-electron chi connectivity index (χ2n) is 6.48. The van der Waals surface area contributed by atoms with Crippen molar-refractivity contribution in [3.05, 3.63) is 88.3 Å². The first kappa shape index (κ1) is 20.8. The molecule has 6 heteroatoms. The van der Waals surface area contributed by atoms with E-state index in [-0.39, 0.29) is 18.9 Å². The van der Waals surface area contributed by atoms with Gasteiger partial charge in [0.15, 0.2) is 0 Å². The van der Waals surface area contributed by atoms with E-state index in [4.69, 9.17) is 17.3 Å². The van der Waals surface area contributed by atoms with Crippen molar-refractivity contribution in [2.75, 3.05) is 6.54 Å². The minimum Gasteiger partial charge on any atom is -0.370 e. The first-order valence-electron chi connectivity index (χ1n) is 9.17. The zero-order valence-corrected chi connectivity index (χ0v) is 17.3. The van der Waals surface area contributed by atoms with Crippen LogP contribution in [-0.2, 0) is 16.1 Å². The Kier molecular flexibility index (Phi) is 7.22. The Morgan fingerprint density at radius 1 is 1.00 bits per heavy atom. The summed E-state index contributed by atoms with van der Waals surface area (Å²) in [5, 5.41) is 0.696. The molecule has 0 spiro atoms. The van der Waals surface area contributed by atoms with Gasteiger partial charge in [0.25, 0.3) is 0 Å². The number of carbonyl (C=O) groups is 2. The summed E-state index contributed by atoms with van der Waals surface area (Å²) in [5.74, 6) is -0.592. The van der Waals surface area contributed by atoms with Crippen LogP contribution in [-0.4, -0.2) is 23.3 Å². The number of halogens is 1. The van der Waals surface area contributed by atoms with E-state index in [9.17, 15) is 9.59 Å². The highest BCUT2D eigenvalue weighted by molar-refractivity contribution is 7.16. The molecular weight excluding hydrogens is 404 g/mol. The Labute approximate surface area is 179 Å². The van der Waals surface area contributed by atoms with Crippen molar-refractivity contribution >= 4 is 40.8 Å². The second-order valence-corrected chi connectivity index (χ2v) is 8.00.